The second-order valence-corrected chi connectivity index (χ2v) is 7.55. The van der Waals surface area contributed by atoms with Gasteiger partial charge in [-0.2, -0.15) is 13.2 Å². The van der Waals surface area contributed by atoms with Gasteiger partial charge in [0.2, 0.25) is 5.91 Å². The summed E-state index contributed by atoms with van der Waals surface area (Å²) in [5.74, 6) is -0.0858. The Hall–Kier alpha value is -2.32. The molecule has 1 amide bonds. The van der Waals surface area contributed by atoms with Crippen molar-refractivity contribution in [1.82, 2.24) is 14.8 Å². The van der Waals surface area contributed by atoms with E-state index in [1.807, 2.05) is 12.1 Å². The van der Waals surface area contributed by atoms with E-state index >= 15 is 0 Å². The Kier molecular flexibility index (Phi) is 6.74. The van der Waals surface area contributed by atoms with E-state index in [0.717, 1.165) is 19.6 Å². The molecule has 1 fully saturated rings. The van der Waals surface area contributed by atoms with Crippen molar-refractivity contribution in [3.63, 3.8) is 0 Å². The molecule has 0 atom stereocenters. The minimum absolute atomic E-state index is 0.0858. The van der Waals surface area contributed by atoms with E-state index in [1.165, 1.54) is 23.8 Å². The molecule has 1 aromatic carbocycles. The molecule has 4 nitrogen and oxygen atoms in total. The largest absolute Gasteiger partial charge is 0.446 e. The van der Waals surface area contributed by atoms with Gasteiger partial charge in [-0.15, -0.1) is 0 Å². The molecule has 0 radical (unpaired) electrons. The van der Waals surface area contributed by atoms with Crippen molar-refractivity contribution < 1.29 is 18.0 Å². The molecule has 0 saturated carbocycles. The highest BCUT2D eigenvalue weighted by molar-refractivity contribution is 8.00. The highest BCUT2D eigenvalue weighted by Gasteiger charge is 2.29. The van der Waals surface area contributed by atoms with Gasteiger partial charge < -0.3 is 4.90 Å². The van der Waals surface area contributed by atoms with Gasteiger partial charge in [-0.1, -0.05) is 12.1 Å². The van der Waals surface area contributed by atoms with Crippen molar-refractivity contribution in [2.24, 2.45) is 0 Å². The van der Waals surface area contributed by atoms with Gasteiger partial charge in [0.1, 0.15) is 0 Å². The Morgan fingerprint density at radius 3 is 2.29 bits per heavy atom. The first-order valence-corrected chi connectivity index (χ1v) is 9.65. The molecule has 1 aliphatic heterocycles. The predicted octanol–water partition coefficient (Wildman–Crippen LogP) is 4.05. The number of nitrogens with zero attached hydrogens (tertiary/aromatic N) is 3. The van der Waals surface area contributed by atoms with Gasteiger partial charge in [0.25, 0.3) is 0 Å². The third-order valence-corrected chi connectivity index (χ3v) is 5.11. The number of halogens is 3. The summed E-state index contributed by atoms with van der Waals surface area (Å²) in [5, 5.41) is 0. The number of alkyl halides is 3. The highest BCUT2D eigenvalue weighted by Crippen LogP contribution is 2.36. The summed E-state index contributed by atoms with van der Waals surface area (Å²) in [5.41, 5.74) is -2.41. The molecule has 2 heterocycles. The molecule has 148 valence electrons. The van der Waals surface area contributed by atoms with Crippen LogP contribution in [0, 0.1) is 0 Å². The van der Waals surface area contributed by atoms with Crippen LogP contribution in [-0.4, -0.2) is 52.4 Å². The number of rotatable bonds is 5. The van der Waals surface area contributed by atoms with Gasteiger partial charge in [-0.25, -0.2) is 0 Å². The molecule has 0 spiro atoms. The van der Waals surface area contributed by atoms with Gasteiger partial charge in [0.05, 0.1) is 0 Å². The number of pyridine rings is 1. The third kappa shape index (κ3) is 6.38. The average Bonchev–Trinajstić information content (AvgIpc) is 2.67. The molecule has 0 N–H and O–H groups in total. The van der Waals surface area contributed by atoms with E-state index in [4.69, 9.17) is 0 Å². The number of piperazine rings is 1. The maximum Gasteiger partial charge on any atom is 0.446 e. The quantitative estimate of drug-likeness (QED) is 0.554. The summed E-state index contributed by atoms with van der Waals surface area (Å²) in [6.45, 7) is 3.73. The van der Waals surface area contributed by atoms with Crippen LogP contribution in [0.5, 0.6) is 0 Å². The maximum atomic E-state index is 12.4. The standard InChI is InChI=1S/C20H20F3N3OS/c21-20(22,23)28-18-4-1-16(2-5-18)3-6-19(27)26-13-11-25(12-14-26)15-17-7-9-24-10-8-17/h1-10H,11-15H2/b6-3+. The summed E-state index contributed by atoms with van der Waals surface area (Å²) in [6.07, 6.45) is 6.65. The highest BCUT2D eigenvalue weighted by atomic mass is 32.2. The van der Waals surface area contributed by atoms with Gasteiger partial charge >= 0.3 is 5.51 Å². The molecule has 0 unspecified atom stereocenters. The van der Waals surface area contributed by atoms with E-state index < -0.39 is 5.51 Å². The summed E-state index contributed by atoms with van der Waals surface area (Å²) in [4.78, 5) is 20.6. The van der Waals surface area contributed by atoms with E-state index in [0.29, 0.717) is 18.7 Å². The minimum atomic E-state index is -4.30. The molecule has 0 aliphatic carbocycles. The monoisotopic (exact) mass is 407 g/mol. The molecule has 1 aromatic heterocycles. The molecule has 0 bridgehead atoms. The molecule has 1 aliphatic rings. The first kappa shape index (κ1) is 20.4. The number of carbonyl (C=O) groups is 1. The lowest BCUT2D eigenvalue weighted by atomic mass is 10.2. The average molecular weight is 407 g/mol. The number of hydrogen-bond acceptors (Lipinski definition) is 4. The van der Waals surface area contributed by atoms with Gasteiger partial charge in [-0.05, 0) is 53.2 Å². The summed E-state index contributed by atoms with van der Waals surface area (Å²) < 4.78 is 37.0. The number of benzene rings is 1. The lowest BCUT2D eigenvalue weighted by Gasteiger charge is -2.34. The lowest BCUT2D eigenvalue weighted by molar-refractivity contribution is -0.127. The fourth-order valence-corrected chi connectivity index (χ4v) is 3.47. The molecular weight excluding hydrogens is 387 g/mol. The Labute approximate surface area is 166 Å². The fraction of sp³-hybridized carbons (Fsp3) is 0.300. The zero-order chi connectivity index (χ0) is 20.0. The Balaban J connectivity index is 1.47. The van der Waals surface area contributed by atoms with Crippen molar-refractivity contribution in [3.8, 4) is 0 Å². The lowest BCUT2D eigenvalue weighted by Crippen LogP contribution is -2.47. The summed E-state index contributed by atoms with van der Waals surface area (Å²) in [6, 6.07) is 9.92. The fourth-order valence-electron chi connectivity index (χ4n) is 2.93. The van der Waals surface area contributed by atoms with E-state index in [1.54, 1.807) is 35.5 Å². The van der Waals surface area contributed by atoms with Crippen LogP contribution in [0.4, 0.5) is 13.2 Å². The van der Waals surface area contributed by atoms with E-state index in [-0.39, 0.29) is 22.6 Å². The topological polar surface area (TPSA) is 36.4 Å². The molecule has 28 heavy (non-hydrogen) atoms. The molecule has 2 aromatic rings. The molecule has 3 rings (SSSR count). The van der Waals surface area contributed by atoms with Crippen LogP contribution in [0.3, 0.4) is 0 Å². The van der Waals surface area contributed by atoms with Gasteiger partial charge in [-0.3, -0.25) is 14.7 Å². The number of amides is 1. The normalized spacial score (nSPS) is 15.9. The second-order valence-electron chi connectivity index (χ2n) is 6.41. The van der Waals surface area contributed by atoms with Crippen molar-refractivity contribution in [2.45, 2.75) is 16.9 Å². The van der Waals surface area contributed by atoms with E-state index in [2.05, 4.69) is 9.88 Å². The number of aromatic nitrogens is 1. The van der Waals surface area contributed by atoms with Crippen molar-refractivity contribution in [3.05, 3.63) is 66.0 Å². The van der Waals surface area contributed by atoms with Gasteiger partial charge in [0, 0.05) is 56.1 Å². The molecule has 1 saturated heterocycles. The summed E-state index contributed by atoms with van der Waals surface area (Å²) >= 11 is -0.150. The number of thioether (sulfide) groups is 1. The minimum Gasteiger partial charge on any atom is -0.337 e. The zero-order valence-electron chi connectivity index (χ0n) is 15.1. The van der Waals surface area contributed by atoms with Crippen LogP contribution < -0.4 is 0 Å². The van der Waals surface area contributed by atoms with Crippen LogP contribution in [0.15, 0.2) is 59.8 Å². The Morgan fingerprint density at radius 2 is 1.68 bits per heavy atom. The Bertz CT molecular complexity index is 802. The van der Waals surface area contributed by atoms with E-state index in [9.17, 15) is 18.0 Å². The smallest absolute Gasteiger partial charge is 0.337 e. The molecular formula is C20H20F3N3OS. The first-order valence-electron chi connectivity index (χ1n) is 8.83. The van der Waals surface area contributed by atoms with Crippen LogP contribution in [-0.2, 0) is 11.3 Å². The van der Waals surface area contributed by atoms with Crippen molar-refractivity contribution >= 4 is 23.7 Å². The predicted molar refractivity (Wildman–Crippen MR) is 103 cm³/mol. The first-order chi connectivity index (χ1) is 13.4. The zero-order valence-corrected chi connectivity index (χ0v) is 15.9. The SMILES string of the molecule is O=C(/C=C/c1ccc(SC(F)(F)F)cc1)N1CCN(Cc2ccncc2)CC1. The Morgan fingerprint density at radius 1 is 1.04 bits per heavy atom. The van der Waals surface area contributed by atoms with Crippen molar-refractivity contribution in [2.75, 3.05) is 26.2 Å². The van der Waals surface area contributed by atoms with Crippen LogP contribution in [0.2, 0.25) is 0 Å². The van der Waals surface area contributed by atoms with Crippen LogP contribution in [0.1, 0.15) is 11.1 Å². The third-order valence-electron chi connectivity index (χ3n) is 4.37. The number of hydrogen-bond donors (Lipinski definition) is 0. The molecule has 8 heteroatoms. The summed E-state index contributed by atoms with van der Waals surface area (Å²) in [7, 11) is 0. The van der Waals surface area contributed by atoms with Crippen LogP contribution >= 0.6 is 11.8 Å². The maximum absolute atomic E-state index is 12.4. The number of carbonyl (C=O) groups excluding carboxylic acids is 1. The van der Waals surface area contributed by atoms with Crippen molar-refractivity contribution in [1.29, 1.82) is 0 Å². The second kappa shape index (κ2) is 9.25. The van der Waals surface area contributed by atoms with Gasteiger partial charge in [0.15, 0.2) is 0 Å². The van der Waals surface area contributed by atoms with Crippen LogP contribution in [0.25, 0.3) is 6.08 Å².